The molecule has 0 saturated carbocycles. The Morgan fingerprint density at radius 3 is 2.59 bits per heavy atom. The summed E-state index contributed by atoms with van der Waals surface area (Å²) in [6, 6.07) is 8.37. The highest BCUT2D eigenvalue weighted by Gasteiger charge is 2.18. The summed E-state index contributed by atoms with van der Waals surface area (Å²) in [5.41, 5.74) is 7.53. The fourth-order valence-corrected chi connectivity index (χ4v) is 3.40. The van der Waals surface area contributed by atoms with E-state index in [-0.39, 0.29) is 5.91 Å². The molecule has 0 radical (unpaired) electrons. The Hall–Kier alpha value is -3.95. The van der Waals surface area contributed by atoms with Crippen molar-refractivity contribution in [3.05, 3.63) is 53.3 Å². The highest BCUT2D eigenvalue weighted by atomic mass is 16.6. The van der Waals surface area contributed by atoms with E-state index in [2.05, 4.69) is 20.6 Å². The van der Waals surface area contributed by atoms with Gasteiger partial charge in [0.25, 0.3) is 5.91 Å². The van der Waals surface area contributed by atoms with Gasteiger partial charge >= 0.3 is 6.09 Å². The van der Waals surface area contributed by atoms with Crippen LogP contribution in [0, 0.1) is 6.92 Å². The summed E-state index contributed by atoms with van der Waals surface area (Å²) in [5.74, 6) is -0.532. The van der Waals surface area contributed by atoms with Crippen molar-refractivity contribution in [1.29, 1.82) is 0 Å². The Morgan fingerprint density at radius 1 is 1.15 bits per heavy atom. The first kappa shape index (κ1) is 24.7. The van der Waals surface area contributed by atoms with Crippen LogP contribution in [0.1, 0.15) is 60.0 Å². The first-order valence-electron chi connectivity index (χ1n) is 11.0. The summed E-state index contributed by atoms with van der Waals surface area (Å²) in [6.07, 6.45) is 2.55. The number of nitrogens with zero attached hydrogens (tertiary/aromatic N) is 3. The van der Waals surface area contributed by atoms with Gasteiger partial charge in [0.2, 0.25) is 11.9 Å². The van der Waals surface area contributed by atoms with E-state index in [9.17, 15) is 14.4 Å². The minimum Gasteiger partial charge on any atom is -0.444 e. The number of fused-ring (bicyclic) bond motifs is 1. The maximum atomic E-state index is 12.9. The second-order valence-corrected chi connectivity index (χ2v) is 8.88. The van der Waals surface area contributed by atoms with E-state index >= 15 is 0 Å². The largest absolute Gasteiger partial charge is 0.444 e. The molecular formula is C24H30N6O4. The van der Waals surface area contributed by atoms with Gasteiger partial charge in [0.05, 0.1) is 16.6 Å². The second-order valence-electron chi connectivity index (χ2n) is 8.88. The summed E-state index contributed by atoms with van der Waals surface area (Å²) in [6.45, 7) is 8.16. The molecule has 3 amide bonds. The topological polar surface area (TPSA) is 141 Å². The Labute approximate surface area is 197 Å². The summed E-state index contributed by atoms with van der Waals surface area (Å²) < 4.78 is 7.11. The number of pyridine rings is 1. The molecule has 0 bridgehead atoms. The molecule has 0 spiro atoms. The molecule has 0 aliphatic heterocycles. The van der Waals surface area contributed by atoms with E-state index in [1.807, 2.05) is 25.3 Å². The van der Waals surface area contributed by atoms with E-state index < -0.39 is 17.6 Å². The monoisotopic (exact) mass is 466 g/mol. The molecule has 4 N–H and O–H groups in total. The van der Waals surface area contributed by atoms with Gasteiger partial charge in [0, 0.05) is 30.5 Å². The van der Waals surface area contributed by atoms with Crippen LogP contribution in [0.25, 0.3) is 11.0 Å². The average molecular weight is 467 g/mol. The number of aryl methyl sites for hydroxylation is 2. The predicted octanol–water partition coefficient (Wildman–Crippen LogP) is 3.40. The third kappa shape index (κ3) is 6.31. The number of rotatable bonds is 8. The summed E-state index contributed by atoms with van der Waals surface area (Å²) in [4.78, 5) is 45.0. The average Bonchev–Trinajstić information content (AvgIpc) is 3.08. The minimum absolute atomic E-state index is 0.330. The Balaban J connectivity index is 1.75. The van der Waals surface area contributed by atoms with Crippen LogP contribution in [0.5, 0.6) is 0 Å². The van der Waals surface area contributed by atoms with E-state index in [1.54, 1.807) is 43.5 Å². The van der Waals surface area contributed by atoms with Gasteiger partial charge in [-0.05, 0) is 70.9 Å². The number of benzene rings is 1. The molecule has 0 aliphatic carbocycles. The molecule has 0 fully saturated rings. The van der Waals surface area contributed by atoms with Crippen LogP contribution in [0.3, 0.4) is 0 Å². The number of aromatic nitrogens is 3. The standard InChI is InChI=1S/C24H30N6O4/c1-15-17(8-7-12-26-15)21(32)29-22-28-18-14-16(20(25)31)9-10-19(18)30(22)13-6-5-11-27-23(33)34-24(2,3)4/h7-10,12,14H,5-6,11,13H2,1-4H3,(H2,25,31)(H,27,33)(H,28,29,32). The van der Waals surface area contributed by atoms with Crippen LogP contribution < -0.4 is 16.4 Å². The van der Waals surface area contributed by atoms with E-state index in [4.69, 9.17) is 10.5 Å². The van der Waals surface area contributed by atoms with Crippen LogP contribution in [0.4, 0.5) is 10.7 Å². The molecule has 180 valence electrons. The predicted molar refractivity (Wildman–Crippen MR) is 129 cm³/mol. The zero-order chi connectivity index (χ0) is 24.9. The number of anilines is 1. The Bertz CT molecular complexity index is 1210. The van der Waals surface area contributed by atoms with Crippen LogP contribution in [0.2, 0.25) is 0 Å². The lowest BCUT2D eigenvalue weighted by atomic mass is 10.2. The summed E-state index contributed by atoms with van der Waals surface area (Å²) in [5, 5.41) is 5.59. The number of imidazole rings is 1. The number of amides is 3. The van der Waals surface area contributed by atoms with Crippen molar-refractivity contribution in [1.82, 2.24) is 19.9 Å². The highest BCUT2D eigenvalue weighted by Crippen LogP contribution is 2.23. The number of ether oxygens (including phenoxy) is 1. The normalized spacial score (nSPS) is 11.3. The van der Waals surface area contributed by atoms with E-state index in [0.717, 1.165) is 5.52 Å². The lowest BCUT2D eigenvalue weighted by molar-refractivity contribution is 0.0526. The van der Waals surface area contributed by atoms with E-state index in [1.165, 1.54) is 0 Å². The van der Waals surface area contributed by atoms with Crippen molar-refractivity contribution in [2.24, 2.45) is 5.73 Å². The number of alkyl carbamates (subject to hydrolysis) is 1. The van der Waals surface area contributed by atoms with Crippen molar-refractivity contribution >= 4 is 34.9 Å². The fourth-order valence-electron chi connectivity index (χ4n) is 3.40. The number of primary amides is 1. The van der Waals surface area contributed by atoms with Gasteiger partial charge in [-0.1, -0.05) is 0 Å². The van der Waals surface area contributed by atoms with Gasteiger partial charge in [-0.3, -0.25) is 19.9 Å². The zero-order valence-electron chi connectivity index (χ0n) is 19.8. The summed E-state index contributed by atoms with van der Waals surface area (Å²) >= 11 is 0. The van der Waals surface area contributed by atoms with Gasteiger partial charge in [-0.25, -0.2) is 9.78 Å². The minimum atomic E-state index is -0.554. The smallest absolute Gasteiger partial charge is 0.407 e. The SMILES string of the molecule is Cc1ncccc1C(=O)Nc1nc2cc(C(N)=O)ccc2n1CCCCNC(=O)OC(C)(C)C. The number of carbonyl (C=O) groups is 3. The van der Waals surface area contributed by atoms with Crippen molar-refractivity contribution in [3.8, 4) is 0 Å². The number of hydrogen-bond acceptors (Lipinski definition) is 6. The van der Waals surface area contributed by atoms with Gasteiger partial charge in [-0.15, -0.1) is 0 Å². The summed E-state index contributed by atoms with van der Waals surface area (Å²) in [7, 11) is 0. The number of hydrogen-bond donors (Lipinski definition) is 3. The number of carbonyl (C=O) groups excluding carboxylic acids is 3. The molecule has 10 nitrogen and oxygen atoms in total. The van der Waals surface area contributed by atoms with Crippen molar-refractivity contribution in [3.63, 3.8) is 0 Å². The molecule has 0 saturated heterocycles. The molecule has 2 aromatic heterocycles. The van der Waals surface area contributed by atoms with Crippen molar-refractivity contribution < 1.29 is 19.1 Å². The number of nitrogens with two attached hydrogens (primary N) is 1. The van der Waals surface area contributed by atoms with Crippen LogP contribution in [0.15, 0.2) is 36.5 Å². The van der Waals surface area contributed by atoms with Crippen molar-refractivity contribution in [2.45, 2.75) is 52.7 Å². The molecular weight excluding hydrogens is 436 g/mol. The molecule has 3 aromatic rings. The molecule has 2 heterocycles. The van der Waals surface area contributed by atoms with E-state index in [0.29, 0.717) is 54.2 Å². The van der Waals surface area contributed by atoms with Gasteiger partial charge in [-0.2, -0.15) is 0 Å². The number of unbranched alkanes of at least 4 members (excludes halogenated alkanes) is 1. The number of nitrogens with one attached hydrogen (secondary N) is 2. The Kier molecular flexibility index (Phi) is 7.50. The second kappa shape index (κ2) is 10.3. The molecule has 34 heavy (non-hydrogen) atoms. The molecule has 0 unspecified atom stereocenters. The lowest BCUT2D eigenvalue weighted by Crippen LogP contribution is -2.33. The fraction of sp³-hybridized carbons (Fsp3) is 0.375. The third-order valence-electron chi connectivity index (χ3n) is 4.99. The Morgan fingerprint density at radius 2 is 1.91 bits per heavy atom. The first-order valence-corrected chi connectivity index (χ1v) is 11.0. The lowest BCUT2D eigenvalue weighted by Gasteiger charge is -2.19. The molecule has 10 heteroatoms. The third-order valence-corrected chi connectivity index (χ3v) is 4.99. The van der Waals surface area contributed by atoms with Crippen LogP contribution in [-0.4, -0.2) is 44.6 Å². The molecule has 1 aromatic carbocycles. The van der Waals surface area contributed by atoms with Crippen molar-refractivity contribution in [2.75, 3.05) is 11.9 Å². The maximum absolute atomic E-state index is 12.9. The molecule has 3 rings (SSSR count). The van der Waals surface area contributed by atoms with Gasteiger partial charge in [0.15, 0.2) is 0 Å². The zero-order valence-corrected chi connectivity index (χ0v) is 19.8. The first-order chi connectivity index (χ1) is 16.0. The quantitative estimate of drug-likeness (QED) is 0.435. The molecule has 0 aliphatic rings. The highest BCUT2D eigenvalue weighted by molar-refractivity contribution is 6.05. The van der Waals surface area contributed by atoms with Gasteiger partial charge in [0.1, 0.15) is 5.60 Å². The van der Waals surface area contributed by atoms with Crippen LogP contribution >= 0.6 is 0 Å². The molecule has 0 atom stereocenters. The maximum Gasteiger partial charge on any atom is 0.407 e. The van der Waals surface area contributed by atoms with Gasteiger partial charge < -0.3 is 20.4 Å². The van der Waals surface area contributed by atoms with Crippen LogP contribution in [-0.2, 0) is 11.3 Å².